The van der Waals surface area contributed by atoms with E-state index in [2.05, 4.69) is 40.8 Å². The van der Waals surface area contributed by atoms with E-state index in [1.165, 1.54) is 16.7 Å². The molecule has 0 aliphatic heterocycles. The van der Waals surface area contributed by atoms with Crippen LogP contribution in [-0.2, 0) is 4.84 Å². The molecular formula is C19H22N2O2. The maximum absolute atomic E-state index is 5.81. The van der Waals surface area contributed by atoms with E-state index >= 15 is 0 Å². The van der Waals surface area contributed by atoms with Gasteiger partial charge in [0.25, 0.3) is 0 Å². The largest absolute Gasteiger partial charge is 0.490 e. The smallest absolute Gasteiger partial charge is 0.120 e. The fraction of sp³-hybridized carbons (Fsp3) is 0.316. The minimum absolute atomic E-state index is 0.560. The van der Waals surface area contributed by atoms with Crippen LogP contribution in [0.2, 0.25) is 0 Å². The maximum Gasteiger partial charge on any atom is 0.120 e. The summed E-state index contributed by atoms with van der Waals surface area (Å²) in [4.78, 5) is 5.07. The van der Waals surface area contributed by atoms with Crippen LogP contribution in [0.5, 0.6) is 5.75 Å². The molecule has 1 aromatic rings. The van der Waals surface area contributed by atoms with E-state index in [1.807, 2.05) is 19.2 Å². The predicted octanol–water partition coefficient (Wildman–Crippen LogP) is 3.31. The van der Waals surface area contributed by atoms with Gasteiger partial charge in [-0.05, 0) is 48.7 Å². The second-order valence-electron chi connectivity index (χ2n) is 5.50. The average molecular weight is 310 g/mol. The average Bonchev–Trinajstić information content (AvgIpc) is 2.89. The summed E-state index contributed by atoms with van der Waals surface area (Å²) in [5.74, 6) is 0.852. The minimum Gasteiger partial charge on any atom is -0.490 e. The van der Waals surface area contributed by atoms with Crippen molar-refractivity contribution in [3.8, 4) is 5.75 Å². The van der Waals surface area contributed by atoms with Crippen LogP contribution in [0.4, 0.5) is 0 Å². The lowest BCUT2D eigenvalue weighted by Gasteiger charge is -2.08. The van der Waals surface area contributed by atoms with Crippen LogP contribution in [0.25, 0.3) is 5.57 Å². The summed E-state index contributed by atoms with van der Waals surface area (Å²) >= 11 is 0. The number of hydrogen-bond acceptors (Lipinski definition) is 4. The topological polar surface area (TPSA) is 42.8 Å². The van der Waals surface area contributed by atoms with Crippen LogP contribution in [0, 0.1) is 0 Å². The lowest BCUT2D eigenvalue weighted by atomic mass is 9.97. The second-order valence-corrected chi connectivity index (χ2v) is 5.50. The van der Waals surface area contributed by atoms with Crippen molar-refractivity contribution in [2.75, 3.05) is 27.3 Å². The molecule has 0 aromatic heterocycles. The van der Waals surface area contributed by atoms with Crippen LogP contribution in [0.1, 0.15) is 24.0 Å². The van der Waals surface area contributed by atoms with E-state index in [1.54, 1.807) is 7.11 Å². The molecule has 120 valence electrons. The molecule has 0 atom stereocenters. The number of allylic oxidation sites excluding steroid dienone is 4. The summed E-state index contributed by atoms with van der Waals surface area (Å²) < 4.78 is 5.81. The van der Waals surface area contributed by atoms with Crippen molar-refractivity contribution in [2.45, 2.75) is 12.8 Å². The zero-order chi connectivity index (χ0) is 16.1. The predicted molar refractivity (Wildman–Crippen MR) is 93.8 cm³/mol. The third-order valence-electron chi connectivity index (χ3n) is 4.01. The number of oxime groups is 1. The van der Waals surface area contributed by atoms with E-state index in [0.29, 0.717) is 6.61 Å². The third-order valence-corrected chi connectivity index (χ3v) is 4.01. The van der Waals surface area contributed by atoms with Crippen molar-refractivity contribution in [2.24, 2.45) is 5.16 Å². The van der Waals surface area contributed by atoms with Gasteiger partial charge < -0.3 is 14.9 Å². The van der Waals surface area contributed by atoms with E-state index in [4.69, 9.17) is 9.57 Å². The summed E-state index contributed by atoms with van der Waals surface area (Å²) in [5.41, 5.74) is 5.79. The molecule has 0 unspecified atom stereocenters. The molecule has 2 aliphatic rings. The van der Waals surface area contributed by atoms with Crippen LogP contribution in [0.15, 0.2) is 53.2 Å². The van der Waals surface area contributed by atoms with Crippen molar-refractivity contribution in [3.63, 3.8) is 0 Å². The number of nitrogens with one attached hydrogen (secondary N) is 1. The monoisotopic (exact) mass is 310 g/mol. The molecule has 4 nitrogen and oxygen atoms in total. The molecule has 1 aromatic carbocycles. The number of rotatable bonds is 6. The fourth-order valence-corrected chi connectivity index (χ4v) is 2.98. The quantitative estimate of drug-likeness (QED) is 0.647. The SMILES string of the molecule is CNC/C=C/COc1ccc2c(c1)/C(=N\OC)C1=C2C=CCC1. The van der Waals surface area contributed by atoms with Crippen LogP contribution in [0.3, 0.4) is 0 Å². The van der Waals surface area contributed by atoms with Gasteiger partial charge in [0.2, 0.25) is 0 Å². The highest BCUT2D eigenvalue weighted by Crippen LogP contribution is 2.40. The van der Waals surface area contributed by atoms with Gasteiger partial charge in [0.15, 0.2) is 0 Å². The first-order valence-electron chi connectivity index (χ1n) is 7.93. The Balaban J connectivity index is 1.83. The second kappa shape index (κ2) is 7.29. The molecule has 23 heavy (non-hydrogen) atoms. The summed E-state index contributed by atoms with van der Waals surface area (Å²) in [6, 6.07) is 6.20. The van der Waals surface area contributed by atoms with E-state index in [-0.39, 0.29) is 0 Å². The summed E-state index contributed by atoms with van der Waals surface area (Å²) in [5, 5.41) is 7.32. The molecule has 3 rings (SSSR count). The van der Waals surface area contributed by atoms with Crippen LogP contribution in [-0.4, -0.2) is 33.0 Å². The van der Waals surface area contributed by atoms with Gasteiger partial charge in [0, 0.05) is 12.1 Å². The lowest BCUT2D eigenvalue weighted by molar-refractivity contribution is 0.214. The third kappa shape index (κ3) is 3.22. The fourth-order valence-electron chi connectivity index (χ4n) is 2.98. The Bertz CT molecular complexity index is 699. The minimum atomic E-state index is 0.560. The molecule has 1 N–H and O–H groups in total. The summed E-state index contributed by atoms with van der Waals surface area (Å²) in [6.07, 6.45) is 10.5. The molecule has 0 spiro atoms. The number of nitrogens with zero attached hydrogens (tertiary/aromatic N) is 1. The van der Waals surface area contributed by atoms with Gasteiger partial charge in [-0.3, -0.25) is 0 Å². The van der Waals surface area contributed by atoms with E-state index in [9.17, 15) is 0 Å². The van der Waals surface area contributed by atoms with Crippen molar-refractivity contribution in [1.29, 1.82) is 0 Å². The van der Waals surface area contributed by atoms with Crippen LogP contribution >= 0.6 is 0 Å². The molecule has 0 bridgehead atoms. The normalized spacial score (nSPS) is 17.7. The Labute approximate surface area is 137 Å². The summed E-state index contributed by atoms with van der Waals surface area (Å²) in [6.45, 7) is 1.41. The molecule has 0 saturated heterocycles. The van der Waals surface area contributed by atoms with Gasteiger partial charge in [-0.1, -0.05) is 35.5 Å². The Morgan fingerprint density at radius 1 is 1.26 bits per heavy atom. The zero-order valence-corrected chi connectivity index (χ0v) is 13.6. The van der Waals surface area contributed by atoms with Gasteiger partial charge >= 0.3 is 0 Å². The molecule has 4 heteroatoms. The first-order valence-corrected chi connectivity index (χ1v) is 7.93. The number of ether oxygens (including phenoxy) is 1. The van der Waals surface area contributed by atoms with Gasteiger partial charge in [-0.25, -0.2) is 0 Å². The van der Waals surface area contributed by atoms with Crippen molar-refractivity contribution in [1.82, 2.24) is 5.32 Å². The molecule has 0 amide bonds. The Morgan fingerprint density at radius 2 is 2.17 bits per heavy atom. The van der Waals surface area contributed by atoms with Crippen molar-refractivity contribution >= 4 is 11.3 Å². The number of hydrogen-bond donors (Lipinski definition) is 1. The van der Waals surface area contributed by atoms with Gasteiger partial charge in [0.05, 0.1) is 0 Å². The molecular weight excluding hydrogens is 288 g/mol. The molecule has 0 fully saturated rings. The number of benzene rings is 1. The first kappa shape index (κ1) is 15.6. The Kier molecular flexibility index (Phi) is 4.93. The Hall–Kier alpha value is -2.33. The van der Waals surface area contributed by atoms with Gasteiger partial charge in [0.1, 0.15) is 25.2 Å². The number of likely N-dealkylation sites (N-methyl/N-ethyl adjacent to an activating group) is 1. The lowest BCUT2D eigenvalue weighted by Crippen LogP contribution is -2.05. The van der Waals surface area contributed by atoms with E-state index < -0.39 is 0 Å². The highest BCUT2D eigenvalue weighted by atomic mass is 16.6. The first-order chi connectivity index (χ1) is 11.3. The van der Waals surface area contributed by atoms with Crippen molar-refractivity contribution in [3.05, 3.63) is 59.2 Å². The zero-order valence-electron chi connectivity index (χ0n) is 13.6. The van der Waals surface area contributed by atoms with E-state index in [0.717, 1.165) is 36.4 Å². The highest BCUT2D eigenvalue weighted by Gasteiger charge is 2.28. The maximum atomic E-state index is 5.81. The van der Waals surface area contributed by atoms with Gasteiger partial charge in [-0.2, -0.15) is 0 Å². The molecule has 0 radical (unpaired) electrons. The van der Waals surface area contributed by atoms with Crippen LogP contribution < -0.4 is 10.1 Å². The standard InChI is InChI=1S/C19H22N2O2/c1-20-11-5-6-12-23-14-9-10-16-15-7-3-4-8-17(15)19(21-22-2)18(16)13-14/h3,5-7,9-10,13,20H,4,8,11-12H2,1-2H3/b6-5+,21-19-. The van der Waals surface area contributed by atoms with Gasteiger partial charge in [-0.15, -0.1) is 0 Å². The Morgan fingerprint density at radius 3 is 3.00 bits per heavy atom. The number of fused-ring (bicyclic) bond motifs is 2. The molecule has 0 saturated carbocycles. The van der Waals surface area contributed by atoms with Crippen molar-refractivity contribution < 1.29 is 9.57 Å². The molecule has 2 aliphatic carbocycles. The molecule has 0 heterocycles. The highest BCUT2D eigenvalue weighted by molar-refractivity contribution is 6.24. The summed E-state index contributed by atoms with van der Waals surface area (Å²) in [7, 11) is 3.52.